The molecule has 1 aromatic rings. The molecule has 0 bridgehead atoms. The minimum atomic E-state index is -1.31. The Morgan fingerprint density at radius 3 is 2.47 bits per heavy atom. The summed E-state index contributed by atoms with van der Waals surface area (Å²) in [5, 5.41) is 9.40. The summed E-state index contributed by atoms with van der Waals surface area (Å²) in [4.78, 5) is 24.1. The van der Waals surface area contributed by atoms with Crippen LogP contribution < -0.4 is 11.2 Å². The predicted octanol–water partition coefficient (Wildman–Crippen LogP) is 1.99. The molecule has 0 saturated carbocycles. The fraction of sp³-hybridized carbons (Fsp3) is 0.692. The van der Waals surface area contributed by atoms with Gasteiger partial charge in [-0.05, 0) is 12.3 Å². The average Bonchev–Trinajstić information content (AvgIpc) is 2.34. The molecule has 2 N–H and O–H groups in total. The molecule has 5 nitrogen and oxygen atoms in total. The Hall–Kier alpha value is -1.59. The van der Waals surface area contributed by atoms with Crippen LogP contribution in [0.5, 0.6) is 5.88 Å². The maximum absolute atomic E-state index is 13.1. The number of aromatic amines is 1. The van der Waals surface area contributed by atoms with Gasteiger partial charge in [0.2, 0.25) is 11.7 Å². The fourth-order valence-electron chi connectivity index (χ4n) is 1.92. The van der Waals surface area contributed by atoms with Gasteiger partial charge in [0, 0.05) is 6.54 Å². The normalized spacial score (nSPS) is 11.2. The van der Waals surface area contributed by atoms with Gasteiger partial charge >= 0.3 is 5.69 Å². The van der Waals surface area contributed by atoms with Gasteiger partial charge in [0.1, 0.15) is 0 Å². The summed E-state index contributed by atoms with van der Waals surface area (Å²) in [5.41, 5.74) is -1.96. The van der Waals surface area contributed by atoms with E-state index in [4.69, 9.17) is 0 Å². The number of halogens is 1. The van der Waals surface area contributed by atoms with E-state index in [1.54, 1.807) is 0 Å². The zero-order valence-electron chi connectivity index (χ0n) is 11.4. The van der Waals surface area contributed by atoms with E-state index in [0.29, 0.717) is 12.3 Å². The smallest absolute Gasteiger partial charge is 0.331 e. The molecule has 108 valence electrons. The molecule has 19 heavy (non-hydrogen) atoms. The van der Waals surface area contributed by atoms with Gasteiger partial charge in [-0.25, -0.2) is 4.79 Å². The molecule has 0 amide bonds. The number of aromatic nitrogens is 2. The van der Waals surface area contributed by atoms with E-state index in [-0.39, 0.29) is 6.54 Å². The number of hydrogen-bond donors (Lipinski definition) is 2. The third kappa shape index (κ3) is 4.54. The van der Waals surface area contributed by atoms with Crippen LogP contribution in [-0.2, 0) is 6.54 Å². The first kappa shape index (κ1) is 15.5. The third-order valence-electron chi connectivity index (χ3n) is 3.03. The first-order valence-electron chi connectivity index (χ1n) is 6.65. The first-order valence-corrected chi connectivity index (χ1v) is 6.65. The molecule has 0 unspecified atom stereocenters. The highest BCUT2D eigenvalue weighted by Gasteiger charge is 2.12. The maximum atomic E-state index is 13.1. The van der Waals surface area contributed by atoms with Crippen LogP contribution in [0, 0.1) is 11.7 Å². The van der Waals surface area contributed by atoms with Gasteiger partial charge in [-0.2, -0.15) is 4.39 Å². The van der Waals surface area contributed by atoms with Crippen LogP contribution in [0.4, 0.5) is 4.39 Å². The van der Waals surface area contributed by atoms with Crippen LogP contribution >= 0.6 is 0 Å². The van der Waals surface area contributed by atoms with Gasteiger partial charge in [-0.3, -0.25) is 14.3 Å². The quantitative estimate of drug-likeness (QED) is 0.745. The van der Waals surface area contributed by atoms with Crippen molar-refractivity contribution in [1.82, 2.24) is 9.55 Å². The van der Waals surface area contributed by atoms with E-state index in [2.05, 4.69) is 13.8 Å². The van der Waals surface area contributed by atoms with Crippen LogP contribution in [0.3, 0.4) is 0 Å². The topological polar surface area (TPSA) is 75.1 Å². The fourth-order valence-corrected chi connectivity index (χ4v) is 1.92. The molecule has 0 atom stereocenters. The van der Waals surface area contributed by atoms with Crippen molar-refractivity contribution in [3.05, 3.63) is 26.7 Å². The molecule has 1 aromatic heterocycles. The van der Waals surface area contributed by atoms with E-state index < -0.39 is 22.9 Å². The highest BCUT2D eigenvalue weighted by Crippen LogP contribution is 2.12. The molecule has 0 aliphatic carbocycles. The van der Waals surface area contributed by atoms with Crippen molar-refractivity contribution in [2.75, 3.05) is 0 Å². The molecule has 0 radical (unpaired) electrons. The molecule has 6 heteroatoms. The Bertz CT molecular complexity index is 520. The Morgan fingerprint density at radius 2 is 1.84 bits per heavy atom. The summed E-state index contributed by atoms with van der Waals surface area (Å²) in [6, 6.07) is 0. The summed E-state index contributed by atoms with van der Waals surface area (Å²) in [6.07, 6.45) is 4.90. The molecule has 0 aliphatic rings. The standard InChI is InChI=1S/C13H21FN2O3/c1-9(2)7-5-3-4-6-8-16-12(18)10(14)11(17)15-13(16)19/h9,18H,3-8H2,1-2H3,(H,15,17,19). The third-order valence-corrected chi connectivity index (χ3v) is 3.03. The Morgan fingerprint density at radius 1 is 1.21 bits per heavy atom. The number of hydrogen-bond acceptors (Lipinski definition) is 3. The molecule has 1 heterocycles. The van der Waals surface area contributed by atoms with Crippen molar-refractivity contribution >= 4 is 0 Å². The van der Waals surface area contributed by atoms with Gasteiger partial charge < -0.3 is 5.11 Å². The lowest BCUT2D eigenvalue weighted by atomic mass is 10.0. The highest BCUT2D eigenvalue weighted by molar-refractivity contribution is 5.09. The van der Waals surface area contributed by atoms with Crippen LogP contribution in [0.25, 0.3) is 0 Å². The van der Waals surface area contributed by atoms with Crippen LogP contribution in [-0.4, -0.2) is 14.7 Å². The first-order chi connectivity index (χ1) is 8.93. The zero-order valence-corrected chi connectivity index (χ0v) is 11.4. The highest BCUT2D eigenvalue weighted by atomic mass is 19.1. The monoisotopic (exact) mass is 272 g/mol. The minimum absolute atomic E-state index is 0.208. The Labute approximate surface area is 111 Å². The van der Waals surface area contributed by atoms with Gasteiger partial charge in [-0.1, -0.05) is 39.5 Å². The number of H-pyrrole nitrogens is 1. The van der Waals surface area contributed by atoms with Crippen molar-refractivity contribution in [3.63, 3.8) is 0 Å². The van der Waals surface area contributed by atoms with Crippen molar-refractivity contribution in [1.29, 1.82) is 0 Å². The zero-order chi connectivity index (χ0) is 14.4. The molecular formula is C13H21FN2O3. The number of rotatable bonds is 7. The number of aromatic hydroxyl groups is 1. The van der Waals surface area contributed by atoms with Crippen molar-refractivity contribution in [3.8, 4) is 5.88 Å². The molecular weight excluding hydrogens is 251 g/mol. The lowest BCUT2D eigenvalue weighted by molar-refractivity contribution is 0.355. The molecule has 0 saturated heterocycles. The van der Waals surface area contributed by atoms with E-state index in [0.717, 1.165) is 23.8 Å². The minimum Gasteiger partial charge on any atom is -0.492 e. The number of unbranched alkanes of at least 4 members (excludes halogenated alkanes) is 3. The Kier molecular flexibility index (Phi) is 5.79. The van der Waals surface area contributed by atoms with Gasteiger partial charge in [0.05, 0.1) is 0 Å². The SMILES string of the molecule is CC(C)CCCCCCn1c(O)c(F)c(=O)[nH]c1=O. The molecule has 0 aliphatic heterocycles. The van der Waals surface area contributed by atoms with E-state index >= 15 is 0 Å². The second-order valence-electron chi connectivity index (χ2n) is 5.15. The van der Waals surface area contributed by atoms with Crippen molar-refractivity contribution < 1.29 is 9.50 Å². The van der Waals surface area contributed by atoms with E-state index in [1.807, 2.05) is 4.98 Å². The molecule has 0 aromatic carbocycles. The van der Waals surface area contributed by atoms with Crippen molar-refractivity contribution in [2.45, 2.75) is 52.5 Å². The van der Waals surface area contributed by atoms with Crippen LogP contribution in [0.1, 0.15) is 46.0 Å². The van der Waals surface area contributed by atoms with Crippen LogP contribution in [0.15, 0.2) is 9.59 Å². The summed E-state index contributed by atoms with van der Waals surface area (Å²) in [5.74, 6) is -1.50. The lowest BCUT2D eigenvalue weighted by Gasteiger charge is -2.08. The van der Waals surface area contributed by atoms with Gasteiger partial charge in [-0.15, -0.1) is 0 Å². The second kappa shape index (κ2) is 7.11. The summed E-state index contributed by atoms with van der Waals surface area (Å²) in [7, 11) is 0. The lowest BCUT2D eigenvalue weighted by Crippen LogP contribution is -2.31. The predicted molar refractivity (Wildman–Crippen MR) is 70.9 cm³/mol. The van der Waals surface area contributed by atoms with Gasteiger partial charge in [0.15, 0.2) is 0 Å². The van der Waals surface area contributed by atoms with E-state index in [1.165, 1.54) is 6.42 Å². The molecule has 1 rings (SSSR count). The number of nitrogens with zero attached hydrogens (tertiary/aromatic N) is 1. The average molecular weight is 272 g/mol. The maximum Gasteiger partial charge on any atom is 0.331 e. The van der Waals surface area contributed by atoms with Crippen molar-refractivity contribution in [2.24, 2.45) is 5.92 Å². The van der Waals surface area contributed by atoms with Gasteiger partial charge in [0.25, 0.3) is 5.56 Å². The largest absolute Gasteiger partial charge is 0.492 e. The number of nitrogens with one attached hydrogen (secondary N) is 1. The molecule has 0 fully saturated rings. The summed E-state index contributed by atoms with van der Waals surface area (Å²) < 4.78 is 14.0. The van der Waals surface area contributed by atoms with Crippen LogP contribution in [0.2, 0.25) is 0 Å². The summed E-state index contributed by atoms with van der Waals surface area (Å²) >= 11 is 0. The van der Waals surface area contributed by atoms with E-state index in [9.17, 15) is 19.1 Å². The second-order valence-corrected chi connectivity index (χ2v) is 5.15. The summed E-state index contributed by atoms with van der Waals surface area (Å²) in [6.45, 7) is 4.54. The Balaban J connectivity index is 2.48. The molecule has 0 spiro atoms.